The predicted octanol–water partition coefficient (Wildman–Crippen LogP) is 1.37. The second kappa shape index (κ2) is 7.44. The van der Waals surface area contributed by atoms with Crippen LogP contribution in [0.5, 0.6) is 0 Å². The van der Waals surface area contributed by atoms with Gasteiger partial charge in [0.25, 0.3) is 5.91 Å². The van der Waals surface area contributed by atoms with E-state index in [1.165, 1.54) is 0 Å². The van der Waals surface area contributed by atoms with Gasteiger partial charge in [0.15, 0.2) is 5.69 Å². The number of amides is 2. The smallest absolute Gasteiger partial charge is 0.274 e. The number of aromatic amines is 1. The lowest BCUT2D eigenvalue weighted by atomic mass is 10.0. The Bertz CT molecular complexity index is 831. The second-order valence-corrected chi connectivity index (χ2v) is 8.30. The van der Waals surface area contributed by atoms with Crippen molar-refractivity contribution in [2.45, 2.75) is 31.8 Å². The molecule has 1 fully saturated rings. The zero-order valence-electron chi connectivity index (χ0n) is 15.8. The minimum absolute atomic E-state index is 0.0224. The number of hydrogen-bond acceptors (Lipinski definition) is 5. The number of aromatic nitrogens is 2. The maximum atomic E-state index is 12.9. The summed E-state index contributed by atoms with van der Waals surface area (Å²) in [5.74, 6) is 0.0958. The molecule has 27 heavy (non-hydrogen) atoms. The van der Waals surface area contributed by atoms with E-state index in [0.29, 0.717) is 31.6 Å². The molecular weight excluding hydrogens is 362 g/mol. The van der Waals surface area contributed by atoms with Crippen LogP contribution in [0.3, 0.4) is 0 Å². The highest BCUT2D eigenvalue weighted by atomic mass is 32.1. The first-order valence-electron chi connectivity index (χ1n) is 9.33. The molecule has 4 rings (SSSR count). The normalized spacial score (nSPS) is 19.9. The first-order chi connectivity index (χ1) is 13.0. The number of thiophene rings is 1. The van der Waals surface area contributed by atoms with Crippen LogP contribution in [0.1, 0.15) is 33.7 Å². The SMILES string of the molecule is CN1CCC(N(C)C(=O)c2n[nH]c3c2CCN(C(=O)Cc2ccsc2)C3)C1. The molecule has 2 aromatic heterocycles. The van der Waals surface area contributed by atoms with Gasteiger partial charge in [-0.1, -0.05) is 0 Å². The van der Waals surface area contributed by atoms with E-state index in [-0.39, 0.29) is 17.9 Å². The van der Waals surface area contributed by atoms with Crippen molar-refractivity contribution >= 4 is 23.2 Å². The van der Waals surface area contributed by atoms with Gasteiger partial charge in [-0.05, 0) is 48.8 Å². The molecule has 0 aromatic carbocycles. The van der Waals surface area contributed by atoms with Gasteiger partial charge in [-0.3, -0.25) is 14.7 Å². The molecule has 4 heterocycles. The summed E-state index contributed by atoms with van der Waals surface area (Å²) in [5, 5.41) is 11.3. The maximum absolute atomic E-state index is 12.9. The summed E-state index contributed by atoms with van der Waals surface area (Å²) in [5.41, 5.74) is 3.43. The Balaban J connectivity index is 1.43. The van der Waals surface area contributed by atoms with Crippen molar-refractivity contribution in [3.05, 3.63) is 39.3 Å². The number of nitrogens with zero attached hydrogens (tertiary/aromatic N) is 4. The standard InChI is InChI=1S/C19H25N5O2S/c1-22-6-3-14(10-22)23(2)19(26)18-15-4-7-24(11-16(15)20-21-18)17(25)9-13-5-8-27-12-13/h5,8,12,14H,3-4,6-7,9-11H2,1-2H3,(H,20,21). The van der Waals surface area contributed by atoms with E-state index in [2.05, 4.69) is 22.1 Å². The van der Waals surface area contributed by atoms with E-state index >= 15 is 0 Å². The molecule has 8 heteroatoms. The fourth-order valence-corrected chi connectivity index (χ4v) is 4.62. The summed E-state index contributed by atoms with van der Waals surface area (Å²) in [6.07, 6.45) is 2.09. The van der Waals surface area contributed by atoms with Gasteiger partial charge in [-0.15, -0.1) is 0 Å². The number of rotatable bonds is 4. The molecule has 2 aliphatic heterocycles. The fraction of sp³-hybridized carbons (Fsp3) is 0.526. The fourth-order valence-electron chi connectivity index (χ4n) is 3.95. The number of H-pyrrole nitrogens is 1. The maximum Gasteiger partial charge on any atom is 0.274 e. The van der Waals surface area contributed by atoms with Crippen molar-refractivity contribution < 1.29 is 9.59 Å². The van der Waals surface area contributed by atoms with Gasteiger partial charge < -0.3 is 14.7 Å². The number of carbonyl (C=O) groups excluding carboxylic acids is 2. The number of nitrogens with one attached hydrogen (secondary N) is 1. The number of carbonyl (C=O) groups is 2. The van der Waals surface area contributed by atoms with Crippen LogP contribution in [0.4, 0.5) is 0 Å². The first kappa shape index (κ1) is 18.2. The van der Waals surface area contributed by atoms with Crippen molar-refractivity contribution in [3.63, 3.8) is 0 Å². The molecule has 1 atom stereocenters. The topological polar surface area (TPSA) is 72.5 Å². The minimum Gasteiger partial charge on any atom is -0.336 e. The third-order valence-corrected chi connectivity index (χ3v) is 6.39. The van der Waals surface area contributed by atoms with Crippen molar-refractivity contribution in [2.75, 3.05) is 33.7 Å². The summed E-state index contributed by atoms with van der Waals surface area (Å²) in [4.78, 5) is 31.4. The Morgan fingerprint density at radius 2 is 2.26 bits per heavy atom. The van der Waals surface area contributed by atoms with E-state index < -0.39 is 0 Å². The molecule has 2 aliphatic rings. The second-order valence-electron chi connectivity index (χ2n) is 7.52. The van der Waals surface area contributed by atoms with Crippen LogP contribution in [0, 0.1) is 0 Å². The van der Waals surface area contributed by atoms with Crippen molar-refractivity contribution in [1.29, 1.82) is 0 Å². The lowest BCUT2D eigenvalue weighted by Crippen LogP contribution is -2.40. The Hall–Kier alpha value is -2.19. The Kier molecular flexibility index (Phi) is 5.01. The molecule has 1 N–H and O–H groups in total. The van der Waals surface area contributed by atoms with Crippen molar-refractivity contribution in [2.24, 2.45) is 0 Å². The highest BCUT2D eigenvalue weighted by Gasteiger charge is 2.32. The summed E-state index contributed by atoms with van der Waals surface area (Å²) < 4.78 is 0. The van der Waals surface area contributed by atoms with E-state index in [0.717, 1.165) is 36.3 Å². The minimum atomic E-state index is -0.0224. The zero-order valence-corrected chi connectivity index (χ0v) is 16.6. The highest BCUT2D eigenvalue weighted by Crippen LogP contribution is 2.23. The summed E-state index contributed by atoms with van der Waals surface area (Å²) in [6, 6.07) is 2.23. The van der Waals surface area contributed by atoms with Gasteiger partial charge in [-0.25, -0.2) is 0 Å². The molecule has 0 aliphatic carbocycles. The molecule has 0 radical (unpaired) electrons. The van der Waals surface area contributed by atoms with Crippen molar-refractivity contribution in [1.82, 2.24) is 24.9 Å². The van der Waals surface area contributed by atoms with Crippen LogP contribution in [-0.2, 0) is 24.2 Å². The summed E-state index contributed by atoms with van der Waals surface area (Å²) >= 11 is 1.60. The van der Waals surface area contributed by atoms with Crippen LogP contribution in [-0.4, -0.2) is 76.5 Å². The number of hydrogen-bond donors (Lipinski definition) is 1. The monoisotopic (exact) mass is 387 g/mol. The van der Waals surface area contributed by atoms with E-state index in [1.807, 2.05) is 33.7 Å². The van der Waals surface area contributed by atoms with Gasteiger partial charge in [0.2, 0.25) is 5.91 Å². The van der Waals surface area contributed by atoms with E-state index in [1.54, 1.807) is 11.3 Å². The lowest BCUT2D eigenvalue weighted by Gasteiger charge is -2.28. The molecule has 0 bridgehead atoms. The molecular formula is C19H25N5O2S. The van der Waals surface area contributed by atoms with Crippen LogP contribution in [0.15, 0.2) is 16.8 Å². The van der Waals surface area contributed by atoms with Gasteiger partial charge in [0.1, 0.15) is 0 Å². The number of fused-ring (bicyclic) bond motifs is 1. The zero-order chi connectivity index (χ0) is 19.0. The van der Waals surface area contributed by atoms with E-state index in [9.17, 15) is 9.59 Å². The predicted molar refractivity (Wildman–Crippen MR) is 104 cm³/mol. The Labute approximate surface area is 162 Å². The van der Waals surface area contributed by atoms with Gasteiger partial charge in [0, 0.05) is 31.7 Å². The molecule has 1 unspecified atom stereocenters. The summed E-state index contributed by atoms with van der Waals surface area (Å²) in [7, 11) is 3.95. The van der Waals surface area contributed by atoms with Crippen molar-refractivity contribution in [3.8, 4) is 0 Å². The average molecular weight is 388 g/mol. The lowest BCUT2D eigenvalue weighted by molar-refractivity contribution is -0.131. The molecule has 1 saturated heterocycles. The largest absolute Gasteiger partial charge is 0.336 e. The molecule has 0 spiro atoms. The Morgan fingerprint density at radius 3 is 2.96 bits per heavy atom. The van der Waals surface area contributed by atoms with Gasteiger partial charge in [0.05, 0.1) is 18.7 Å². The van der Waals surface area contributed by atoms with Gasteiger partial charge >= 0.3 is 0 Å². The summed E-state index contributed by atoms with van der Waals surface area (Å²) in [6.45, 7) is 3.04. The van der Waals surface area contributed by atoms with E-state index in [4.69, 9.17) is 0 Å². The molecule has 7 nitrogen and oxygen atoms in total. The van der Waals surface area contributed by atoms with Crippen LogP contribution >= 0.6 is 11.3 Å². The quantitative estimate of drug-likeness (QED) is 0.860. The Morgan fingerprint density at radius 1 is 1.41 bits per heavy atom. The van der Waals surface area contributed by atoms with Gasteiger partial charge in [-0.2, -0.15) is 16.4 Å². The third-order valence-electron chi connectivity index (χ3n) is 5.66. The van der Waals surface area contributed by atoms with Crippen LogP contribution < -0.4 is 0 Å². The number of likely N-dealkylation sites (tertiary alicyclic amines) is 1. The molecule has 0 saturated carbocycles. The van der Waals surface area contributed by atoms with Crippen LogP contribution in [0.2, 0.25) is 0 Å². The highest BCUT2D eigenvalue weighted by molar-refractivity contribution is 7.08. The molecule has 2 amide bonds. The third kappa shape index (κ3) is 3.64. The first-order valence-corrected chi connectivity index (χ1v) is 10.3. The average Bonchev–Trinajstić information content (AvgIpc) is 3.40. The van der Waals surface area contributed by atoms with Crippen LogP contribution in [0.25, 0.3) is 0 Å². The molecule has 144 valence electrons. The number of likely N-dealkylation sites (N-methyl/N-ethyl adjacent to an activating group) is 2. The molecule has 2 aromatic rings.